The molecule has 2 aromatic heterocycles. The molecule has 3 aromatic rings. The Morgan fingerprint density at radius 3 is 2.33 bits per heavy atom. The van der Waals surface area contributed by atoms with Crippen molar-refractivity contribution in [1.82, 2.24) is 25.1 Å². The second kappa shape index (κ2) is 13.3. The summed E-state index contributed by atoms with van der Waals surface area (Å²) in [5.41, 5.74) is 5.22. The first-order chi connectivity index (χ1) is 17.7. The van der Waals surface area contributed by atoms with Crippen molar-refractivity contribution in [3.05, 3.63) is 60.7 Å². The van der Waals surface area contributed by atoms with Crippen LogP contribution in [0.1, 0.15) is 70.4 Å². The molecule has 0 unspecified atom stereocenters. The summed E-state index contributed by atoms with van der Waals surface area (Å²) in [6.45, 7) is 6.46. The summed E-state index contributed by atoms with van der Waals surface area (Å²) >= 11 is 0. The van der Waals surface area contributed by atoms with Gasteiger partial charge < -0.3 is 5.32 Å². The van der Waals surface area contributed by atoms with Crippen LogP contribution >= 0.6 is 0 Å². The number of rotatable bonds is 5. The van der Waals surface area contributed by atoms with E-state index in [9.17, 15) is 0 Å². The van der Waals surface area contributed by atoms with E-state index in [-0.39, 0.29) is 0 Å². The van der Waals surface area contributed by atoms with Crippen molar-refractivity contribution in [2.24, 2.45) is 10.9 Å². The van der Waals surface area contributed by atoms with Gasteiger partial charge in [0.25, 0.3) is 0 Å². The van der Waals surface area contributed by atoms with Gasteiger partial charge in [-0.2, -0.15) is 5.10 Å². The molecule has 0 radical (unpaired) electrons. The third kappa shape index (κ3) is 6.97. The Balaban J connectivity index is 0.000000375. The van der Waals surface area contributed by atoms with Crippen LogP contribution in [-0.2, 0) is 0 Å². The van der Waals surface area contributed by atoms with Crippen LogP contribution in [0.4, 0.5) is 0 Å². The maximum atomic E-state index is 4.62. The predicted molar refractivity (Wildman–Crippen MR) is 150 cm³/mol. The molecular weight excluding hydrogens is 444 g/mol. The predicted octanol–water partition coefficient (Wildman–Crippen LogP) is 6.62. The number of nitrogens with zero attached hydrogens (tertiary/aromatic N) is 5. The van der Waals surface area contributed by atoms with Gasteiger partial charge in [0, 0.05) is 48.5 Å². The zero-order valence-electron chi connectivity index (χ0n) is 22.0. The van der Waals surface area contributed by atoms with Crippen LogP contribution in [0.25, 0.3) is 28.1 Å². The monoisotopic (exact) mass is 484 g/mol. The molecule has 1 aliphatic heterocycles. The molecule has 1 aromatic carbocycles. The highest BCUT2D eigenvalue weighted by Crippen LogP contribution is 2.27. The Morgan fingerprint density at radius 2 is 1.69 bits per heavy atom. The molecule has 2 aliphatic rings. The molecule has 1 saturated heterocycles. The minimum Gasteiger partial charge on any atom is -0.317 e. The lowest BCUT2D eigenvalue weighted by atomic mass is 9.91. The van der Waals surface area contributed by atoms with Crippen molar-refractivity contribution in [1.29, 1.82) is 0 Å². The molecule has 0 bridgehead atoms. The first kappa shape index (κ1) is 26.0. The van der Waals surface area contributed by atoms with Crippen molar-refractivity contribution in [3.8, 4) is 22.5 Å². The van der Waals surface area contributed by atoms with E-state index in [1.54, 1.807) is 7.05 Å². The highest BCUT2D eigenvalue weighted by molar-refractivity contribution is 6.09. The third-order valence-corrected chi connectivity index (χ3v) is 7.20. The first-order valence-electron chi connectivity index (χ1n) is 13.4. The average Bonchev–Trinajstić information content (AvgIpc) is 3.44. The fourth-order valence-electron chi connectivity index (χ4n) is 4.98. The largest absolute Gasteiger partial charge is 0.317 e. The molecule has 0 spiro atoms. The lowest BCUT2D eigenvalue weighted by Gasteiger charge is -2.22. The molecule has 1 saturated carbocycles. The quantitative estimate of drug-likeness (QED) is 0.413. The van der Waals surface area contributed by atoms with E-state index < -0.39 is 0 Å². The first-order valence-corrected chi connectivity index (χ1v) is 13.4. The molecule has 2 fully saturated rings. The van der Waals surface area contributed by atoms with Crippen LogP contribution in [0.3, 0.4) is 0 Å². The van der Waals surface area contributed by atoms with Crippen LogP contribution in [0, 0.1) is 5.92 Å². The Bertz CT molecular complexity index is 1130. The normalized spacial score (nSPS) is 17.7. The summed E-state index contributed by atoms with van der Waals surface area (Å²) in [5, 5.41) is 8.02. The lowest BCUT2D eigenvalue weighted by Crippen LogP contribution is -2.29. The fourth-order valence-corrected chi connectivity index (χ4v) is 4.98. The van der Waals surface area contributed by atoms with Gasteiger partial charge >= 0.3 is 0 Å². The summed E-state index contributed by atoms with van der Waals surface area (Å²) in [4.78, 5) is 13.2. The Hall–Kier alpha value is -3.12. The minimum atomic E-state index is 0.483. The van der Waals surface area contributed by atoms with E-state index in [0.29, 0.717) is 11.9 Å². The van der Waals surface area contributed by atoms with Gasteiger partial charge in [-0.05, 0) is 56.0 Å². The van der Waals surface area contributed by atoms with Gasteiger partial charge in [-0.3, -0.25) is 9.67 Å². The molecule has 0 atom stereocenters. The average molecular weight is 485 g/mol. The maximum absolute atomic E-state index is 4.62. The standard InChI is InChI=1S/C23H26N6.C7H14/c1-3-17(12-24-2)20-13-26-23(27-14-20)19-6-4-5-18(11-19)21-15-28-29(16-21)22-7-9-25-10-8-22;1-7-5-3-2-4-6-7/h3-6,11-16,22,25H,7-10H2,1-2H3;7H,2-6H2,1H3/b17-3+,24-12?;. The van der Waals surface area contributed by atoms with E-state index in [0.717, 1.165) is 59.7 Å². The second-order valence-corrected chi connectivity index (χ2v) is 9.94. The molecule has 36 heavy (non-hydrogen) atoms. The summed E-state index contributed by atoms with van der Waals surface area (Å²) < 4.78 is 2.11. The molecule has 5 rings (SSSR count). The number of aliphatic imine (C=N–C) groups is 1. The second-order valence-electron chi connectivity index (χ2n) is 9.94. The number of hydrogen-bond acceptors (Lipinski definition) is 5. The van der Waals surface area contributed by atoms with E-state index in [2.05, 4.69) is 55.3 Å². The van der Waals surface area contributed by atoms with Crippen LogP contribution in [0.5, 0.6) is 0 Å². The van der Waals surface area contributed by atoms with Crippen molar-refractivity contribution in [2.45, 2.75) is 64.8 Å². The number of piperidine rings is 1. The SMILES string of the molecule is C/C=C(\C=NC)c1cnc(-c2cccc(-c3cnn(C4CCNCC4)c3)c2)nc1.CC1CCCCC1. The number of nitrogens with one attached hydrogen (secondary N) is 1. The molecule has 0 amide bonds. The number of aromatic nitrogens is 4. The van der Waals surface area contributed by atoms with E-state index in [1.807, 2.05) is 49.9 Å². The fraction of sp³-hybridized carbons (Fsp3) is 0.467. The zero-order chi connectivity index (χ0) is 25.2. The molecular formula is C30H40N6. The van der Waals surface area contributed by atoms with Crippen LogP contribution in [0.15, 0.2) is 60.1 Å². The third-order valence-electron chi connectivity index (χ3n) is 7.20. The Kier molecular flexibility index (Phi) is 9.56. The van der Waals surface area contributed by atoms with Crippen LogP contribution < -0.4 is 5.32 Å². The van der Waals surface area contributed by atoms with Gasteiger partial charge in [-0.25, -0.2) is 9.97 Å². The Morgan fingerprint density at radius 1 is 0.972 bits per heavy atom. The molecule has 190 valence electrons. The van der Waals surface area contributed by atoms with Gasteiger partial charge in [-0.1, -0.05) is 63.3 Å². The number of hydrogen-bond donors (Lipinski definition) is 1. The van der Waals surface area contributed by atoms with Crippen LogP contribution in [-0.4, -0.2) is 46.1 Å². The number of benzene rings is 1. The highest BCUT2D eigenvalue weighted by atomic mass is 15.3. The van der Waals surface area contributed by atoms with Gasteiger partial charge in [0.2, 0.25) is 0 Å². The van der Waals surface area contributed by atoms with Gasteiger partial charge in [0.15, 0.2) is 5.82 Å². The summed E-state index contributed by atoms with van der Waals surface area (Å²) in [6, 6.07) is 8.81. The molecule has 6 nitrogen and oxygen atoms in total. The highest BCUT2D eigenvalue weighted by Gasteiger charge is 2.16. The molecule has 1 N–H and O–H groups in total. The topological polar surface area (TPSA) is 68.0 Å². The van der Waals surface area contributed by atoms with Gasteiger partial charge in [0.1, 0.15) is 0 Å². The van der Waals surface area contributed by atoms with E-state index >= 15 is 0 Å². The minimum absolute atomic E-state index is 0.483. The molecule has 6 heteroatoms. The summed E-state index contributed by atoms with van der Waals surface area (Å²) in [7, 11) is 1.76. The van der Waals surface area contributed by atoms with Crippen molar-refractivity contribution in [2.75, 3.05) is 20.1 Å². The van der Waals surface area contributed by atoms with Crippen molar-refractivity contribution in [3.63, 3.8) is 0 Å². The van der Waals surface area contributed by atoms with E-state index in [1.165, 1.54) is 32.1 Å². The van der Waals surface area contributed by atoms with Gasteiger partial charge in [0.05, 0.1) is 12.2 Å². The molecule has 3 heterocycles. The Labute approximate surface area is 216 Å². The molecule has 1 aliphatic carbocycles. The summed E-state index contributed by atoms with van der Waals surface area (Å²) in [5.74, 6) is 1.75. The van der Waals surface area contributed by atoms with Crippen molar-refractivity contribution < 1.29 is 0 Å². The zero-order valence-corrected chi connectivity index (χ0v) is 22.0. The number of allylic oxidation sites excluding steroid dienone is 2. The lowest BCUT2D eigenvalue weighted by molar-refractivity contribution is 0.343. The van der Waals surface area contributed by atoms with Gasteiger partial charge in [-0.15, -0.1) is 0 Å². The smallest absolute Gasteiger partial charge is 0.159 e. The maximum Gasteiger partial charge on any atom is 0.159 e. The van der Waals surface area contributed by atoms with Crippen LogP contribution in [0.2, 0.25) is 0 Å². The van der Waals surface area contributed by atoms with E-state index in [4.69, 9.17) is 0 Å². The summed E-state index contributed by atoms with van der Waals surface area (Å²) in [6.07, 6.45) is 21.3. The van der Waals surface area contributed by atoms with Crippen molar-refractivity contribution >= 4 is 11.8 Å².